The van der Waals surface area contributed by atoms with Crippen molar-refractivity contribution in [2.24, 2.45) is 5.14 Å². The van der Waals surface area contributed by atoms with E-state index >= 15 is 0 Å². The molecule has 1 amide bonds. The molecule has 0 saturated heterocycles. The number of sulfonamides is 1. The molecule has 2 rings (SSSR count). The predicted molar refractivity (Wildman–Crippen MR) is 73.5 cm³/mol. The van der Waals surface area contributed by atoms with Crippen molar-refractivity contribution in [3.05, 3.63) is 35.7 Å². The zero-order valence-corrected chi connectivity index (χ0v) is 11.4. The van der Waals surface area contributed by atoms with Crippen LogP contribution in [0.25, 0.3) is 0 Å². The highest BCUT2D eigenvalue weighted by Gasteiger charge is 2.19. The molecule has 1 aromatic carbocycles. The van der Waals surface area contributed by atoms with Gasteiger partial charge in [0.1, 0.15) is 4.90 Å². The summed E-state index contributed by atoms with van der Waals surface area (Å²) in [5.74, 6) is -0.622. The first-order valence-corrected chi connectivity index (χ1v) is 7.09. The van der Waals surface area contributed by atoms with Gasteiger partial charge in [0.05, 0.1) is 17.1 Å². The summed E-state index contributed by atoms with van der Waals surface area (Å²) < 4.78 is 22.8. The largest absolute Gasteiger partial charge is 0.395 e. The minimum absolute atomic E-state index is 0.00766. The minimum Gasteiger partial charge on any atom is -0.395 e. The summed E-state index contributed by atoms with van der Waals surface area (Å²) in [7, 11) is -3.94. The number of hydrogen-bond acceptors (Lipinski definition) is 5. The first-order valence-electron chi connectivity index (χ1n) is 5.54. The average Bonchev–Trinajstić information content (AvgIpc) is 2.69. The van der Waals surface area contributed by atoms with Crippen LogP contribution in [0.1, 0.15) is 16.2 Å². The molecular formula is C11H13N5O3S. The summed E-state index contributed by atoms with van der Waals surface area (Å²) in [6.07, 6.45) is 0. The number of anilines is 2. The molecule has 20 heavy (non-hydrogen) atoms. The Morgan fingerprint density at radius 3 is 2.55 bits per heavy atom. The second kappa shape index (κ2) is 4.94. The number of aromatic amines is 1. The molecule has 0 atom stereocenters. The van der Waals surface area contributed by atoms with Gasteiger partial charge in [0.25, 0.3) is 5.91 Å². The van der Waals surface area contributed by atoms with Crippen LogP contribution >= 0.6 is 0 Å². The summed E-state index contributed by atoms with van der Waals surface area (Å²) in [6, 6.07) is 5.79. The van der Waals surface area contributed by atoms with Gasteiger partial charge in [-0.2, -0.15) is 5.10 Å². The second-order valence-corrected chi connectivity index (χ2v) is 5.64. The molecule has 0 aliphatic heterocycles. The van der Waals surface area contributed by atoms with Gasteiger partial charge in [0, 0.05) is 0 Å². The molecule has 0 unspecified atom stereocenters. The summed E-state index contributed by atoms with van der Waals surface area (Å²) in [5, 5.41) is 13.8. The van der Waals surface area contributed by atoms with Gasteiger partial charge in [-0.1, -0.05) is 12.1 Å². The molecule has 0 bridgehead atoms. The molecule has 9 heteroatoms. The molecule has 106 valence electrons. The number of rotatable bonds is 3. The number of nitrogens with one attached hydrogen (secondary N) is 2. The Hall–Kier alpha value is -2.39. The molecular weight excluding hydrogens is 282 g/mol. The van der Waals surface area contributed by atoms with Gasteiger partial charge in [-0.15, -0.1) is 0 Å². The zero-order chi connectivity index (χ0) is 14.9. The van der Waals surface area contributed by atoms with E-state index in [-0.39, 0.29) is 22.0 Å². The average molecular weight is 295 g/mol. The van der Waals surface area contributed by atoms with Crippen molar-refractivity contribution in [1.82, 2.24) is 10.2 Å². The van der Waals surface area contributed by atoms with E-state index in [1.807, 2.05) is 0 Å². The number of aryl methyl sites for hydroxylation is 1. The number of carbonyl (C=O) groups excluding carboxylic acids is 1. The molecule has 0 aliphatic rings. The predicted octanol–water partition coefficient (Wildman–Crippen LogP) is 0.200. The molecule has 1 aromatic heterocycles. The summed E-state index contributed by atoms with van der Waals surface area (Å²) in [5.41, 5.74) is 6.50. The normalized spacial score (nSPS) is 11.3. The number of H-pyrrole nitrogens is 1. The van der Waals surface area contributed by atoms with Crippen LogP contribution in [0.3, 0.4) is 0 Å². The first-order chi connectivity index (χ1) is 9.30. The maximum atomic E-state index is 12.0. The van der Waals surface area contributed by atoms with Gasteiger partial charge >= 0.3 is 0 Å². The van der Waals surface area contributed by atoms with Crippen molar-refractivity contribution >= 4 is 27.3 Å². The lowest BCUT2D eigenvalue weighted by molar-refractivity contribution is 0.102. The Morgan fingerprint density at radius 1 is 1.35 bits per heavy atom. The van der Waals surface area contributed by atoms with E-state index in [1.165, 1.54) is 18.2 Å². The number of nitrogens with zero attached hydrogens (tertiary/aromatic N) is 1. The molecule has 0 saturated carbocycles. The Morgan fingerprint density at radius 2 is 2.00 bits per heavy atom. The third-order valence-electron chi connectivity index (χ3n) is 2.65. The van der Waals surface area contributed by atoms with E-state index in [0.717, 1.165) is 0 Å². The number of hydrogen-bond donors (Lipinski definition) is 4. The lowest BCUT2D eigenvalue weighted by atomic mass is 10.2. The van der Waals surface area contributed by atoms with Gasteiger partial charge in [0.15, 0.2) is 5.69 Å². The van der Waals surface area contributed by atoms with Crippen LogP contribution in [0.15, 0.2) is 29.2 Å². The molecule has 2 aromatic rings. The highest BCUT2D eigenvalue weighted by atomic mass is 32.2. The molecule has 8 nitrogen and oxygen atoms in total. The van der Waals surface area contributed by atoms with Gasteiger partial charge in [0.2, 0.25) is 10.0 Å². The highest BCUT2D eigenvalue weighted by molar-refractivity contribution is 7.89. The highest BCUT2D eigenvalue weighted by Crippen LogP contribution is 2.21. The van der Waals surface area contributed by atoms with E-state index in [0.29, 0.717) is 5.69 Å². The van der Waals surface area contributed by atoms with Crippen LogP contribution in [0.5, 0.6) is 0 Å². The minimum atomic E-state index is -3.94. The quantitative estimate of drug-likeness (QED) is 0.639. The van der Waals surface area contributed by atoms with Crippen molar-refractivity contribution in [2.45, 2.75) is 11.8 Å². The fourth-order valence-electron chi connectivity index (χ4n) is 1.61. The Balaban J connectivity index is 2.36. The van der Waals surface area contributed by atoms with Crippen molar-refractivity contribution < 1.29 is 13.2 Å². The standard InChI is InChI=1S/C11H13N5O3S/c1-6-9(12)10(16-15-6)11(17)14-7-4-2-3-5-8(7)20(13,18)19/h2-5H,12H2,1H3,(H,14,17)(H,15,16)(H2,13,18,19). The van der Waals surface area contributed by atoms with Crippen LogP contribution in [0.4, 0.5) is 11.4 Å². The van der Waals surface area contributed by atoms with E-state index in [4.69, 9.17) is 10.9 Å². The lowest BCUT2D eigenvalue weighted by Gasteiger charge is -2.08. The van der Waals surface area contributed by atoms with Crippen LogP contribution in [0, 0.1) is 6.92 Å². The number of primary sulfonamides is 1. The van der Waals surface area contributed by atoms with Crippen LogP contribution in [0.2, 0.25) is 0 Å². The monoisotopic (exact) mass is 295 g/mol. The molecule has 0 aliphatic carbocycles. The number of nitrogens with two attached hydrogens (primary N) is 2. The van der Waals surface area contributed by atoms with Gasteiger partial charge in [-0.3, -0.25) is 9.89 Å². The van der Waals surface area contributed by atoms with E-state index in [1.54, 1.807) is 13.0 Å². The Labute approximate surface area is 115 Å². The first kappa shape index (κ1) is 14.0. The number of benzene rings is 1. The Kier molecular flexibility index (Phi) is 3.47. The van der Waals surface area contributed by atoms with Gasteiger partial charge in [-0.25, -0.2) is 13.6 Å². The SMILES string of the molecule is Cc1[nH]nc(C(=O)Nc2ccccc2S(N)(=O)=O)c1N. The van der Waals surface area contributed by atoms with Crippen molar-refractivity contribution in [3.63, 3.8) is 0 Å². The van der Waals surface area contributed by atoms with E-state index in [9.17, 15) is 13.2 Å². The lowest BCUT2D eigenvalue weighted by Crippen LogP contribution is -2.19. The smallest absolute Gasteiger partial charge is 0.278 e. The number of nitrogen functional groups attached to an aromatic ring is 1. The van der Waals surface area contributed by atoms with Gasteiger partial charge < -0.3 is 11.1 Å². The molecule has 0 spiro atoms. The Bertz CT molecular complexity index is 766. The summed E-state index contributed by atoms with van der Waals surface area (Å²) in [6.45, 7) is 1.66. The van der Waals surface area contributed by atoms with E-state index < -0.39 is 15.9 Å². The summed E-state index contributed by atoms with van der Waals surface area (Å²) in [4.78, 5) is 11.8. The maximum absolute atomic E-state index is 12.0. The number of para-hydroxylation sites is 1. The summed E-state index contributed by atoms with van der Waals surface area (Å²) >= 11 is 0. The van der Waals surface area contributed by atoms with E-state index in [2.05, 4.69) is 15.5 Å². The van der Waals surface area contributed by atoms with Crippen LogP contribution < -0.4 is 16.2 Å². The maximum Gasteiger partial charge on any atom is 0.278 e. The molecule has 6 N–H and O–H groups in total. The fraction of sp³-hybridized carbons (Fsp3) is 0.0909. The van der Waals surface area contributed by atoms with Crippen molar-refractivity contribution in [3.8, 4) is 0 Å². The fourth-order valence-corrected chi connectivity index (χ4v) is 2.30. The third-order valence-corrected chi connectivity index (χ3v) is 3.62. The van der Waals surface area contributed by atoms with Gasteiger partial charge in [-0.05, 0) is 19.1 Å². The van der Waals surface area contributed by atoms with Crippen molar-refractivity contribution in [2.75, 3.05) is 11.1 Å². The number of amides is 1. The third kappa shape index (κ3) is 2.63. The van der Waals surface area contributed by atoms with Crippen LogP contribution in [-0.4, -0.2) is 24.5 Å². The number of carbonyl (C=O) groups is 1. The second-order valence-electron chi connectivity index (χ2n) is 4.11. The zero-order valence-electron chi connectivity index (χ0n) is 10.5. The molecule has 0 fully saturated rings. The van der Waals surface area contributed by atoms with Crippen LogP contribution in [-0.2, 0) is 10.0 Å². The molecule has 0 radical (unpaired) electrons. The number of aromatic nitrogens is 2. The molecule has 1 heterocycles. The van der Waals surface area contributed by atoms with Crippen molar-refractivity contribution in [1.29, 1.82) is 0 Å². The topological polar surface area (TPSA) is 144 Å².